The highest BCUT2D eigenvalue weighted by atomic mass is 19.3. The number of nitrogens with zero attached hydrogens (tertiary/aromatic N) is 5. The lowest BCUT2D eigenvalue weighted by molar-refractivity contribution is -0.114. The molecule has 0 aliphatic rings. The van der Waals surface area contributed by atoms with Crippen LogP contribution >= 0.6 is 0 Å². The number of fused-ring (bicyclic) bond motifs is 1. The molecule has 0 fully saturated rings. The van der Waals surface area contributed by atoms with Crippen molar-refractivity contribution in [2.45, 2.75) is 19.8 Å². The number of nitrogens with two attached hydrogens (primary N) is 2. The fourth-order valence-electron chi connectivity index (χ4n) is 3.41. The third-order valence-electron chi connectivity index (χ3n) is 4.93. The largest absolute Gasteiger partial charge is 0.397 e. The predicted octanol–water partition coefficient (Wildman–Crippen LogP) is 3.44. The minimum atomic E-state index is -3.28. The number of pyridine rings is 1. The van der Waals surface area contributed by atoms with Gasteiger partial charge < -0.3 is 20.6 Å². The summed E-state index contributed by atoms with van der Waals surface area (Å²) in [4.78, 5) is 23.8. The summed E-state index contributed by atoms with van der Waals surface area (Å²) in [5, 5.41) is 4.72. The smallest absolute Gasteiger partial charge is 0.303 e. The molecule has 170 valence electrons. The van der Waals surface area contributed by atoms with Gasteiger partial charge in [0.1, 0.15) is 11.6 Å². The summed E-state index contributed by atoms with van der Waals surface area (Å²) >= 11 is 0. The van der Waals surface area contributed by atoms with Crippen LogP contribution in [0, 0.1) is 0 Å². The molecule has 1 aromatic carbocycles. The minimum Gasteiger partial charge on any atom is -0.397 e. The van der Waals surface area contributed by atoms with E-state index in [1.807, 2.05) is 0 Å². The van der Waals surface area contributed by atoms with Gasteiger partial charge in [-0.3, -0.25) is 4.79 Å². The van der Waals surface area contributed by atoms with Gasteiger partial charge in [0.25, 0.3) is 0 Å². The van der Waals surface area contributed by atoms with E-state index < -0.39 is 11.7 Å². The number of benzene rings is 1. The van der Waals surface area contributed by atoms with Crippen molar-refractivity contribution in [2.75, 3.05) is 23.1 Å². The van der Waals surface area contributed by atoms with Crippen molar-refractivity contribution < 1.29 is 13.6 Å². The number of hydrogen-bond acceptors (Lipinski definition) is 7. The average molecular weight is 452 g/mol. The van der Waals surface area contributed by atoms with Crippen molar-refractivity contribution in [3.8, 4) is 17.1 Å². The zero-order chi connectivity index (χ0) is 23.9. The summed E-state index contributed by atoms with van der Waals surface area (Å²) in [5.74, 6) is 2.13. The van der Waals surface area contributed by atoms with Crippen LogP contribution in [0.3, 0.4) is 0 Å². The highest BCUT2D eigenvalue weighted by Crippen LogP contribution is 2.32. The van der Waals surface area contributed by atoms with Crippen molar-refractivity contribution in [1.29, 1.82) is 0 Å². The summed E-state index contributed by atoms with van der Waals surface area (Å²) in [5.41, 5.74) is 8.48. The highest BCUT2D eigenvalue weighted by molar-refractivity contribution is 5.91. The van der Waals surface area contributed by atoms with Crippen LogP contribution in [0.15, 0.2) is 48.8 Å². The van der Waals surface area contributed by atoms with Crippen LogP contribution in [0.25, 0.3) is 28.0 Å². The van der Waals surface area contributed by atoms with Crippen LogP contribution in [-0.4, -0.2) is 32.5 Å². The van der Waals surface area contributed by atoms with E-state index in [0.29, 0.717) is 28.3 Å². The van der Waals surface area contributed by atoms with E-state index in [9.17, 15) is 13.6 Å². The Morgan fingerprint density at radius 2 is 1.94 bits per heavy atom. The molecule has 4 rings (SSSR count). The number of anilines is 3. The Morgan fingerprint density at radius 3 is 2.58 bits per heavy atom. The Hall–Kier alpha value is -4.12. The maximum atomic E-state index is 14.3. The molecule has 0 aliphatic heterocycles. The molecule has 0 unspecified atom stereocenters. The van der Waals surface area contributed by atoms with E-state index in [1.165, 1.54) is 11.9 Å². The van der Waals surface area contributed by atoms with Gasteiger partial charge in [0, 0.05) is 56.4 Å². The minimum absolute atomic E-state index is 0.227. The summed E-state index contributed by atoms with van der Waals surface area (Å²) in [7, 11) is 1.64. The van der Waals surface area contributed by atoms with E-state index in [-0.39, 0.29) is 17.4 Å². The zero-order valence-corrected chi connectivity index (χ0v) is 18.2. The van der Waals surface area contributed by atoms with Gasteiger partial charge >= 0.3 is 5.92 Å². The van der Waals surface area contributed by atoms with Crippen molar-refractivity contribution in [3.63, 3.8) is 0 Å². The number of nitrogen functional groups attached to an aromatic ring is 1. The van der Waals surface area contributed by atoms with E-state index in [2.05, 4.69) is 20.3 Å². The van der Waals surface area contributed by atoms with Crippen LogP contribution in [0.4, 0.5) is 26.0 Å². The fraction of sp³-hybridized carbons (Fsp3) is 0.182. The number of carbonyl (C=O) groups excluding carboxylic acids is 1. The van der Waals surface area contributed by atoms with E-state index >= 15 is 0 Å². The summed E-state index contributed by atoms with van der Waals surface area (Å²) in [6, 6.07) is 10.0. The summed E-state index contributed by atoms with van der Waals surface area (Å²) in [6.07, 6.45) is 3.27. The van der Waals surface area contributed by atoms with Gasteiger partial charge in [0.2, 0.25) is 11.7 Å². The average Bonchev–Trinajstić information content (AvgIpc) is 3.15. The van der Waals surface area contributed by atoms with Crippen molar-refractivity contribution in [3.05, 3.63) is 54.6 Å². The topological polar surface area (TPSA) is 128 Å². The number of halogens is 2. The lowest BCUT2D eigenvalue weighted by atomic mass is 10.1. The van der Waals surface area contributed by atoms with E-state index in [1.54, 1.807) is 60.4 Å². The van der Waals surface area contributed by atoms with Gasteiger partial charge in [0.05, 0.1) is 22.6 Å². The first-order valence-electron chi connectivity index (χ1n) is 9.93. The second-order valence-electron chi connectivity index (χ2n) is 7.70. The van der Waals surface area contributed by atoms with Crippen molar-refractivity contribution >= 4 is 34.0 Å². The van der Waals surface area contributed by atoms with Crippen LogP contribution in [0.1, 0.15) is 19.7 Å². The molecule has 4 aromatic rings. The molecule has 33 heavy (non-hydrogen) atoms. The molecule has 0 aliphatic carbocycles. The molecule has 1 amide bonds. The second-order valence-corrected chi connectivity index (χ2v) is 7.70. The molecule has 11 heteroatoms. The lowest BCUT2D eigenvalue weighted by Gasteiger charge is -2.17. The van der Waals surface area contributed by atoms with Gasteiger partial charge in [-0.2, -0.15) is 8.78 Å². The van der Waals surface area contributed by atoms with Gasteiger partial charge in [-0.25, -0.2) is 20.8 Å². The molecule has 0 saturated heterocycles. The molecule has 0 bridgehead atoms. The number of nitrogens with one attached hydrogen (secondary N) is 1. The Bertz CT molecular complexity index is 1360. The summed E-state index contributed by atoms with van der Waals surface area (Å²) < 4.78 is 30.2. The Labute approximate surface area is 188 Å². The number of rotatable bonds is 5. The number of hydrogen-bond donors (Lipinski definition) is 3. The molecule has 0 radical (unpaired) electrons. The molecule has 3 aromatic heterocycles. The van der Waals surface area contributed by atoms with Gasteiger partial charge in [-0.05, 0) is 18.2 Å². The molecular weight excluding hydrogens is 430 g/mol. The third kappa shape index (κ3) is 4.44. The first-order valence-corrected chi connectivity index (χ1v) is 9.93. The molecular formula is C22H22F2N8O. The number of amides is 1. The highest BCUT2D eigenvalue weighted by Gasteiger charge is 2.30. The maximum Gasteiger partial charge on any atom is 0.303 e. The Balaban J connectivity index is 1.89. The monoisotopic (exact) mass is 452 g/mol. The summed E-state index contributed by atoms with van der Waals surface area (Å²) in [6.45, 7) is 2.11. The zero-order valence-electron chi connectivity index (χ0n) is 18.2. The van der Waals surface area contributed by atoms with E-state index in [0.717, 1.165) is 12.3 Å². The Morgan fingerprint density at radius 1 is 1.18 bits per heavy atom. The molecule has 5 N–H and O–H groups in total. The molecule has 9 nitrogen and oxygen atoms in total. The molecule has 0 atom stereocenters. The first kappa shape index (κ1) is 22.1. The number of carbonyl (C=O) groups is 1. The fourth-order valence-corrected chi connectivity index (χ4v) is 3.41. The number of aromatic nitrogens is 4. The predicted molar refractivity (Wildman–Crippen MR) is 123 cm³/mol. The number of hydrazine groups is 1. The van der Waals surface area contributed by atoms with Gasteiger partial charge in [0.15, 0.2) is 0 Å². The van der Waals surface area contributed by atoms with Crippen LogP contribution in [0.2, 0.25) is 0 Å². The van der Waals surface area contributed by atoms with Crippen LogP contribution in [-0.2, 0) is 10.7 Å². The standard InChI is InChI=1S/C22H22F2N8O/c1-12(33)28-19-10-18-14(11-27-19)6-7-32(18)20-9-16(29-21(30-20)22(2,23)24)13-4-5-17(31(3)26)15(25)8-13/h4-11H,25-26H2,1-3H3,(H,27,28,33). The normalized spacial score (nSPS) is 11.6. The van der Waals surface area contributed by atoms with Crippen LogP contribution < -0.4 is 21.9 Å². The SMILES string of the molecule is CC(=O)Nc1cc2c(ccn2-c2cc(-c3ccc(N(C)N)c(N)c3)nc(C(C)(F)F)n2)cn1. The number of alkyl halides is 2. The quantitative estimate of drug-likeness (QED) is 0.240. The molecule has 3 heterocycles. The van der Waals surface area contributed by atoms with Gasteiger partial charge in [-0.15, -0.1) is 0 Å². The first-order chi connectivity index (χ1) is 15.5. The second kappa shape index (κ2) is 8.10. The lowest BCUT2D eigenvalue weighted by Crippen LogP contribution is -2.25. The molecule has 0 spiro atoms. The van der Waals surface area contributed by atoms with Crippen LogP contribution in [0.5, 0.6) is 0 Å². The maximum absolute atomic E-state index is 14.3. The molecule has 0 saturated carbocycles. The van der Waals surface area contributed by atoms with Gasteiger partial charge in [-0.1, -0.05) is 6.07 Å². The van der Waals surface area contributed by atoms with Crippen molar-refractivity contribution in [2.24, 2.45) is 5.84 Å². The Kier molecular flexibility index (Phi) is 5.42. The van der Waals surface area contributed by atoms with E-state index in [4.69, 9.17) is 11.6 Å². The third-order valence-corrected chi connectivity index (χ3v) is 4.93. The van der Waals surface area contributed by atoms with Crippen molar-refractivity contribution in [1.82, 2.24) is 19.5 Å².